The molecular formula is C16H22N2OS. The highest BCUT2D eigenvalue weighted by Crippen LogP contribution is 2.33. The minimum atomic E-state index is -0.152. The van der Waals surface area contributed by atoms with Crippen LogP contribution in [0.15, 0.2) is 30.3 Å². The molecule has 0 spiro atoms. The van der Waals surface area contributed by atoms with Crippen LogP contribution in [0.25, 0.3) is 0 Å². The van der Waals surface area contributed by atoms with E-state index in [0.29, 0.717) is 18.0 Å². The first kappa shape index (κ1) is 14.0. The van der Waals surface area contributed by atoms with E-state index in [-0.39, 0.29) is 11.9 Å². The maximum absolute atomic E-state index is 12.7. The van der Waals surface area contributed by atoms with E-state index in [1.165, 1.54) is 19.3 Å². The predicted molar refractivity (Wildman–Crippen MR) is 83.6 cm³/mol. The quantitative estimate of drug-likeness (QED) is 0.929. The Kier molecular flexibility index (Phi) is 4.32. The average Bonchev–Trinajstić information content (AvgIpc) is 2.89. The maximum Gasteiger partial charge on any atom is 0.245 e. The summed E-state index contributed by atoms with van der Waals surface area (Å²) in [6.07, 6.45) is 7.12. The minimum Gasteiger partial charge on any atom is -0.324 e. The number of nitrogens with zero attached hydrogens (tertiary/aromatic N) is 1. The number of hydrogen-bond donors (Lipinski definition) is 1. The Bertz CT molecular complexity index is 465. The third-order valence-electron chi connectivity index (χ3n) is 4.50. The second-order valence-electron chi connectivity index (χ2n) is 5.64. The van der Waals surface area contributed by atoms with Gasteiger partial charge in [0.25, 0.3) is 0 Å². The molecular weight excluding hydrogens is 268 g/mol. The van der Waals surface area contributed by atoms with E-state index in [4.69, 9.17) is 0 Å². The molecule has 3 unspecified atom stereocenters. The van der Waals surface area contributed by atoms with Gasteiger partial charge < -0.3 is 4.90 Å². The molecule has 108 valence electrons. The molecule has 1 amide bonds. The number of thioether (sulfide) groups is 1. The highest BCUT2D eigenvalue weighted by molar-refractivity contribution is 7.99. The highest BCUT2D eigenvalue weighted by Gasteiger charge is 2.39. The van der Waals surface area contributed by atoms with Gasteiger partial charge in [0.05, 0.1) is 6.67 Å². The second kappa shape index (κ2) is 6.19. The number of benzene rings is 1. The molecule has 3 nitrogen and oxygen atoms in total. The van der Waals surface area contributed by atoms with E-state index in [1.807, 2.05) is 42.1 Å². The van der Waals surface area contributed by atoms with Crippen molar-refractivity contribution in [3.63, 3.8) is 0 Å². The standard InChI is InChI=1S/C16H22N2OS/c1-20-14-10-6-5-9-13(14)18-11-17-15(16(18)19)12-7-3-2-4-8-12/h2-4,7-8,13-15,17H,5-6,9-11H2,1H3. The number of amides is 1. The predicted octanol–water partition coefficient (Wildman–Crippen LogP) is 2.79. The van der Waals surface area contributed by atoms with Crippen LogP contribution in [0.5, 0.6) is 0 Å². The molecule has 0 aromatic heterocycles. The SMILES string of the molecule is CSC1CCCCC1N1CNC(c2ccccc2)C1=O. The third-order valence-corrected chi connectivity index (χ3v) is 5.65. The molecule has 2 fully saturated rings. The monoisotopic (exact) mass is 290 g/mol. The van der Waals surface area contributed by atoms with Crippen molar-refractivity contribution in [2.75, 3.05) is 12.9 Å². The molecule has 0 radical (unpaired) electrons. The first-order valence-electron chi connectivity index (χ1n) is 7.43. The minimum absolute atomic E-state index is 0.152. The molecule has 2 aliphatic rings. The molecule has 1 heterocycles. The smallest absolute Gasteiger partial charge is 0.245 e. The molecule has 1 saturated carbocycles. The first-order valence-corrected chi connectivity index (χ1v) is 8.71. The largest absolute Gasteiger partial charge is 0.324 e. The van der Waals surface area contributed by atoms with Crippen LogP contribution in [0, 0.1) is 0 Å². The molecule has 20 heavy (non-hydrogen) atoms. The molecule has 1 aromatic carbocycles. The molecule has 1 aliphatic heterocycles. The van der Waals surface area contributed by atoms with Crippen molar-refractivity contribution in [2.45, 2.75) is 43.0 Å². The van der Waals surface area contributed by atoms with Crippen molar-refractivity contribution in [1.29, 1.82) is 0 Å². The molecule has 0 bridgehead atoms. The van der Waals surface area contributed by atoms with Crippen LogP contribution in [0.1, 0.15) is 37.3 Å². The Hall–Kier alpha value is -1.00. The highest BCUT2D eigenvalue weighted by atomic mass is 32.2. The van der Waals surface area contributed by atoms with Gasteiger partial charge in [0, 0.05) is 11.3 Å². The van der Waals surface area contributed by atoms with Crippen LogP contribution in [-0.4, -0.2) is 35.0 Å². The van der Waals surface area contributed by atoms with Crippen LogP contribution < -0.4 is 5.32 Å². The van der Waals surface area contributed by atoms with Crippen molar-refractivity contribution >= 4 is 17.7 Å². The molecule has 3 rings (SSSR count). The Labute approximate surface area is 125 Å². The fourth-order valence-corrected chi connectivity index (χ4v) is 4.42. The van der Waals surface area contributed by atoms with Crippen LogP contribution in [0.2, 0.25) is 0 Å². The summed E-state index contributed by atoms with van der Waals surface area (Å²) in [7, 11) is 0. The second-order valence-corrected chi connectivity index (χ2v) is 6.72. The zero-order chi connectivity index (χ0) is 13.9. The summed E-state index contributed by atoms with van der Waals surface area (Å²) < 4.78 is 0. The van der Waals surface area contributed by atoms with E-state index < -0.39 is 0 Å². The summed E-state index contributed by atoms with van der Waals surface area (Å²) in [4.78, 5) is 14.8. The maximum atomic E-state index is 12.7. The van der Waals surface area contributed by atoms with Gasteiger partial charge >= 0.3 is 0 Å². The van der Waals surface area contributed by atoms with Gasteiger partial charge in [-0.3, -0.25) is 10.1 Å². The van der Waals surface area contributed by atoms with Crippen molar-refractivity contribution in [2.24, 2.45) is 0 Å². The zero-order valence-electron chi connectivity index (χ0n) is 11.9. The fraction of sp³-hybridized carbons (Fsp3) is 0.562. The van der Waals surface area contributed by atoms with Crippen molar-refractivity contribution in [3.8, 4) is 0 Å². The molecule has 4 heteroatoms. The van der Waals surface area contributed by atoms with Crippen LogP contribution in [0.3, 0.4) is 0 Å². The lowest BCUT2D eigenvalue weighted by molar-refractivity contribution is -0.131. The van der Waals surface area contributed by atoms with Crippen molar-refractivity contribution in [1.82, 2.24) is 10.2 Å². The van der Waals surface area contributed by atoms with E-state index in [0.717, 1.165) is 12.0 Å². The lowest BCUT2D eigenvalue weighted by Crippen LogP contribution is -2.45. The summed E-state index contributed by atoms with van der Waals surface area (Å²) in [5.41, 5.74) is 1.08. The molecule has 1 aromatic rings. The summed E-state index contributed by atoms with van der Waals surface area (Å²) >= 11 is 1.92. The number of carbonyl (C=O) groups excluding carboxylic acids is 1. The van der Waals surface area contributed by atoms with Gasteiger partial charge in [0.15, 0.2) is 0 Å². The van der Waals surface area contributed by atoms with Gasteiger partial charge in [0.2, 0.25) is 5.91 Å². The van der Waals surface area contributed by atoms with Gasteiger partial charge in [-0.1, -0.05) is 43.2 Å². The Morgan fingerprint density at radius 2 is 1.95 bits per heavy atom. The summed E-state index contributed by atoms with van der Waals surface area (Å²) in [6, 6.07) is 10.3. The van der Waals surface area contributed by atoms with E-state index in [1.54, 1.807) is 0 Å². The van der Waals surface area contributed by atoms with E-state index in [2.05, 4.69) is 16.5 Å². The lowest BCUT2D eigenvalue weighted by atomic mass is 9.93. The fourth-order valence-electron chi connectivity index (χ4n) is 3.42. The Morgan fingerprint density at radius 3 is 2.70 bits per heavy atom. The summed E-state index contributed by atoms with van der Waals surface area (Å²) in [6.45, 7) is 0.695. The van der Waals surface area contributed by atoms with Crippen LogP contribution in [-0.2, 0) is 4.79 Å². The van der Waals surface area contributed by atoms with Gasteiger partial charge in [-0.25, -0.2) is 0 Å². The van der Waals surface area contributed by atoms with E-state index >= 15 is 0 Å². The first-order chi connectivity index (χ1) is 9.81. The molecule has 1 N–H and O–H groups in total. The molecule has 3 atom stereocenters. The summed E-state index contributed by atoms with van der Waals surface area (Å²) in [5.74, 6) is 0.252. The molecule has 1 aliphatic carbocycles. The average molecular weight is 290 g/mol. The van der Waals surface area contributed by atoms with Crippen molar-refractivity contribution in [3.05, 3.63) is 35.9 Å². The van der Waals surface area contributed by atoms with Crippen molar-refractivity contribution < 1.29 is 4.79 Å². The Balaban J connectivity index is 1.75. The lowest BCUT2D eigenvalue weighted by Gasteiger charge is -2.36. The van der Waals surface area contributed by atoms with Gasteiger partial charge in [-0.15, -0.1) is 0 Å². The zero-order valence-corrected chi connectivity index (χ0v) is 12.7. The topological polar surface area (TPSA) is 32.3 Å². The Morgan fingerprint density at radius 1 is 1.20 bits per heavy atom. The van der Waals surface area contributed by atoms with E-state index in [9.17, 15) is 4.79 Å². The van der Waals surface area contributed by atoms with Crippen LogP contribution >= 0.6 is 11.8 Å². The van der Waals surface area contributed by atoms with Gasteiger partial charge in [0.1, 0.15) is 6.04 Å². The summed E-state index contributed by atoms with van der Waals surface area (Å²) in [5, 5.41) is 3.98. The normalized spacial score (nSPS) is 30.8. The molecule has 1 saturated heterocycles. The third kappa shape index (κ3) is 2.59. The number of carbonyl (C=O) groups is 1. The van der Waals surface area contributed by atoms with Gasteiger partial charge in [-0.2, -0.15) is 11.8 Å². The van der Waals surface area contributed by atoms with Gasteiger partial charge in [-0.05, 0) is 24.7 Å². The number of nitrogens with one attached hydrogen (secondary N) is 1. The number of hydrogen-bond acceptors (Lipinski definition) is 3. The number of rotatable bonds is 3. The van der Waals surface area contributed by atoms with Crippen LogP contribution in [0.4, 0.5) is 0 Å².